The highest BCUT2D eigenvalue weighted by Gasteiger charge is 2.21. The van der Waals surface area contributed by atoms with E-state index in [0.717, 1.165) is 0 Å². The maximum atomic E-state index is 12.5. The molecule has 0 spiro atoms. The first-order chi connectivity index (χ1) is 6.06. The number of hydrogen-bond donors (Lipinski definition) is 1. The van der Waals surface area contributed by atoms with Crippen molar-refractivity contribution in [1.29, 1.82) is 0 Å². The van der Waals surface area contributed by atoms with E-state index in [0.29, 0.717) is 5.56 Å². The summed E-state index contributed by atoms with van der Waals surface area (Å²) in [4.78, 5) is 0. The summed E-state index contributed by atoms with van der Waals surface area (Å²) in [5.41, 5.74) is -0.436. The normalized spacial score (nSPS) is 14.6. The molecule has 0 aromatic heterocycles. The summed E-state index contributed by atoms with van der Waals surface area (Å²) >= 11 is 0. The Balaban J connectivity index is 2.95. The maximum absolute atomic E-state index is 12.5. The third kappa shape index (κ3) is 2.30. The topological polar surface area (TPSA) is 20.2 Å². The Morgan fingerprint density at radius 3 is 2.46 bits per heavy atom. The molecule has 1 aromatic rings. The second-order valence-corrected chi connectivity index (χ2v) is 3.16. The molecule has 1 atom stereocenters. The Morgan fingerprint density at radius 2 is 2.00 bits per heavy atom. The fraction of sp³-hybridized carbons (Fsp3) is 0.273. The molecule has 1 nitrogen and oxygen atoms in total. The Labute approximate surface area is 77.2 Å². The van der Waals surface area contributed by atoms with Crippen molar-refractivity contribution in [2.24, 2.45) is 0 Å². The third-order valence-electron chi connectivity index (χ3n) is 1.91. The molecule has 0 heterocycles. The van der Waals surface area contributed by atoms with Gasteiger partial charge >= 0.3 is 0 Å². The molecule has 13 heavy (non-hydrogen) atoms. The zero-order chi connectivity index (χ0) is 9.90. The lowest BCUT2D eigenvalue weighted by molar-refractivity contribution is 0.0629. The van der Waals surface area contributed by atoms with Gasteiger partial charge in [0.2, 0.25) is 0 Å². The standard InChI is InChI=1S/C11H11FO/c1-3-8-11(2,13)9-4-6-10(12)7-5-9/h1,4-7,13H,8H2,2H3/t11-/m0/s1. The summed E-state index contributed by atoms with van der Waals surface area (Å²) in [7, 11) is 0. The fourth-order valence-electron chi connectivity index (χ4n) is 1.11. The lowest BCUT2D eigenvalue weighted by atomic mass is 9.93. The van der Waals surface area contributed by atoms with E-state index in [2.05, 4.69) is 5.92 Å². The van der Waals surface area contributed by atoms with Gasteiger partial charge in [-0.05, 0) is 24.6 Å². The monoisotopic (exact) mass is 178 g/mol. The van der Waals surface area contributed by atoms with Crippen molar-refractivity contribution >= 4 is 0 Å². The molecule has 0 aliphatic heterocycles. The fourth-order valence-corrected chi connectivity index (χ4v) is 1.11. The quantitative estimate of drug-likeness (QED) is 0.687. The molecule has 68 valence electrons. The van der Waals surface area contributed by atoms with Crippen molar-refractivity contribution in [1.82, 2.24) is 0 Å². The predicted molar refractivity (Wildman–Crippen MR) is 49.4 cm³/mol. The van der Waals surface area contributed by atoms with Crippen LogP contribution in [0.1, 0.15) is 18.9 Å². The van der Waals surface area contributed by atoms with Gasteiger partial charge in [0, 0.05) is 6.42 Å². The third-order valence-corrected chi connectivity index (χ3v) is 1.91. The molecule has 1 rings (SSSR count). The van der Waals surface area contributed by atoms with Crippen LogP contribution < -0.4 is 0 Å². The average Bonchev–Trinajstić information content (AvgIpc) is 2.05. The van der Waals surface area contributed by atoms with E-state index in [1.165, 1.54) is 24.3 Å². The Hall–Kier alpha value is -1.33. The van der Waals surface area contributed by atoms with Crippen LogP contribution in [-0.2, 0) is 5.60 Å². The zero-order valence-corrected chi connectivity index (χ0v) is 7.42. The molecule has 0 unspecified atom stereocenters. The summed E-state index contributed by atoms with van der Waals surface area (Å²) in [6.45, 7) is 1.61. The second kappa shape index (κ2) is 3.59. The van der Waals surface area contributed by atoms with Crippen molar-refractivity contribution in [3.63, 3.8) is 0 Å². The molecule has 0 fully saturated rings. The Bertz CT molecular complexity index is 319. The summed E-state index contributed by atoms with van der Waals surface area (Å²) < 4.78 is 12.5. The molecule has 0 saturated heterocycles. The van der Waals surface area contributed by atoms with E-state index >= 15 is 0 Å². The maximum Gasteiger partial charge on any atom is 0.123 e. The highest BCUT2D eigenvalue weighted by Crippen LogP contribution is 2.23. The van der Waals surface area contributed by atoms with Crippen LogP contribution >= 0.6 is 0 Å². The molecule has 0 amide bonds. The smallest absolute Gasteiger partial charge is 0.123 e. The van der Waals surface area contributed by atoms with Gasteiger partial charge in [0.1, 0.15) is 5.82 Å². The second-order valence-electron chi connectivity index (χ2n) is 3.16. The Morgan fingerprint density at radius 1 is 1.46 bits per heavy atom. The molecule has 1 aromatic carbocycles. The highest BCUT2D eigenvalue weighted by molar-refractivity contribution is 5.23. The Kier molecular flexibility index (Phi) is 2.69. The summed E-state index contributed by atoms with van der Waals surface area (Å²) in [6, 6.07) is 5.68. The summed E-state index contributed by atoms with van der Waals surface area (Å²) in [5.74, 6) is 2.06. The van der Waals surface area contributed by atoms with Crippen LogP contribution in [0.15, 0.2) is 24.3 Å². The molecular weight excluding hydrogens is 167 g/mol. The number of hydrogen-bond acceptors (Lipinski definition) is 1. The minimum atomic E-state index is -1.07. The molecule has 0 bridgehead atoms. The van der Waals surface area contributed by atoms with E-state index in [4.69, 9.17) is 6.42 Å². The van der Waals surface area contributed by atoms with Gasteiger partial charge in [-0.15, -0.1) is 12.3 Å². The minimum Gasteiger partial charge on any atom is -0.384 e. The van der Waals surface area contributed by atoms with Gasteiger partial charge in [0.15, 0.2) is 0 Å². The molecule has 0 saturated carbocycles. The molecule has 1 N–H and O–H groups in total. The van der Waals surface area contributed by atoms with E-state index in [-0.39, 0.29) is 12.2 Å². The first-order valence-electron chi connectivity index (χ1n) is 3.98. The van der Waals surface area contributed by atoms with E-state index in [9.17, 15) is 9.50 Å². The van der Waals surface area contributed by atoms with Crippen molar-refractivity contribution in [2.45, 2.75) is 18.9 Å². The number of terminal acetylenes is 1. The van der Waals surface area contributed by atoms with Gasteiger partial charge < -0.3 is 5.11 Å². The van der Waals surface area contributed by atoms with Crippen LogP contribution in [0.3, 0.4) is 0 Å². The van der Waals surface area contributed by atoms with Gasteiger partial charge in [-0.25, -0.2) is 4.39 Å². The van der Waals surface area contributed by atoms with E-state index < -0.39 is 5.60 Å². The van der Waals surface area contributed by atoms with Crippen molar-refractivity contribution < 1.29 is 9.50 Å². The predicted octanol–water partition coefficient (Wildman–Crippen LogP) is 2.06. The minimum absolute atomic E-state index is 0.221. The van der Waals surface area contributed by atoms with E-state index in [1.54, 1.807) is 6.92 Å². The van der Waals surface area contributed by atoms with Crippen LogP contribution in [0.2, 0.25) is 0 Å². The lowest BCUT2D eigenvalue weighted by Gasteiger charge is -2.20. The van der Waals surface area contributed by atoms with Gasteiger partial charge in [-0.1, -0.05) is 12.1 Å². The van der Waals surface area contributed by atoms with Gasteiger partial charge in [0.05, 0.1) is 5.60 Å². The molecule has 0 aliphatic carbocycles. The lowest BCUT2D eigenvalue weighted by Crippen LogP contribution is -2.19. The molecular formula is C11H11FO. The molecule has 0 aliphatic rings. The van der Waals surface area contributed by atoms with Crippen LogP contribution in [0.4, 0.5) is 4.39 Å². The highest BCUT2D eigenvalue weighted by atomic mass is 19.1. The summed E-state index contributed by atoms with van der Waals surface area (Å²) in [6.07, 6.45) is 5.32. The van der Waals surface area contributed by atoms with Crippen LogP contribution in [0, 0.1) is 18.2 Å². The van der Waals surface area contributed by atoms with Crippen molar-refractivity contribution in [3.8, 4) is 12.3 Å². The number of rotatable bonds is 2. The molecule has 2 heteroatoms. The summed E-state index contributed by atoms with van der Waals surface area (Å²) in [5, 5.41) is 9.81. The zero-order valence-electron chi connectivity index (χ0n) is 7.42. The number of halogens is 1. The number of benzene rings is 1. The van der Waals surface area contributed by atoms with Crippen LogP contribution in [0.5, 0.6) is 0 Å². The SMILES string of the molecule is C#CC[C@](C)(O)c1ccc(F)cc1. The van der Waals surface area contributed by atoms with Crippen molar-refractivity contribution in [2.75, 3.05) is 0 Å². The average molecular weight is 178 g/mol. The van der Waals surface area contributed by atoms with Crippen molar-refractivity contribution in [3.05, 3.63) is 35.6 Å². The largest absolute Gasteiger partial charge is 0.384 e. The first-order valence-corrected chi connectivity index (χ1v) is 3.98. The van der Waals surface area contributed by atoms with Gasteiger partial charge in [-0.2, -0.15) is 0 Å². The number of aliphatic hydroxyl groups is 1. The van der Waals surface area contributed by atoms with Crippen LogP contribution in [0.25, 0.3) is 0 Å². The first kappa shape index (κ1) is 9.76. The van der Waals surface area contributed by atoms with E-state index in [1.807, 2.05) is 0 Å². The van der Waals surface area contributed by atoms with Crippen LogP contribution in [-0.4, -0.2) is 5.11 Å². The van der Waals surface area contributed by atoms with Gasteiger partial charge in [0.25, 0.3) is 0 Å². The molecule has 0 radical (unpaired) electrons. The van der Waals surface area contributed by atoms with Gasteiger partial charge in [-0.3, -0.25) is 0 Å².